The van der Waals surface area contributed by atoms with Gasteiger partial charge in [0.05, 0.1) is 62.6 Å². The molecule has 0 radical (unpaired) electrons. The molecule has 11 heteroatoms. The molecular formula is C37H64IN3O6S. The van der Waals surface area contributed by atoms with Gasteiger partial charge in [-0.3, -0.25) is 9.11 Å². The second-order valence-electron chi connectivity index (χ2n) is 13.2. The molecule has 1 aliphatic rings. The maximum Gasteiger partial charge on any atom is 0.119 e. The van der Waals surface area contributed by atoms with Crippen LogP contribution in [0.2, 0.25) is 0 Å². The highest BCUT2D eigenvalue weighted by molar-refractivity contribution is 8.22. The smallest absolute Gasteiger partial charge is 0.119 e. The quantitative estimate of drug-likeness (QED) is 0.0844. The summed E-state index contributed by atoms with van der Waals surface area (Å²) >= 11 is 0. The fraction of sp³-hybridized carbons (Fsp3) is 0.676. The normalized spacial score (nSPS) is 19.1. The SMILES string of the molecule is CCCCC1(CCCC)NS(O)(O)c2ccc(N(C)C)cc2[C@@H](c2ccc(OCCOCCOCC[N+](CC)(CC)CC)cc2)[C@H]1O.[I-]. The van der Waals surface area contributed by atoms with E-state index in [-0.39, 0.29) is 24.0 Å². The molecular weight excluding hydrogens is 741 g/mol. The van der Waals surface area contributed by atoms with Gasteiger partial charge in [0, 0.05) is 25.7 Å². The Labute approximate surface area is 309 Å². The first kappa shape index (κ1) is 43.0. The Hall–Kier alpha value is -1.16. The fourth-order valence-electron chi connectivity index (χ4n) is 6.79. The maximum absolute atomic E-state index is 12.4. The zero-order valence-corrected chi connectivity index (χ0v) is 33.5. The van der Waals surface area contributed by atoms with E-state index in [2.05, 4.69) is 39.3 Å². The third kappa shape index (κ3) is 11.2. The zero-order valence-electron chi connectivity index (χ0n) is 30.5. The van der Waals surface area contributed by atoms with Gasteiger partial charge in [-0.25, -0.2) is 4.72 Å². The Bertz CT molecular complexity index is 1180. The average molecular weight is 806 g/mol. The first-order chi connectivity index (χ1) is 22.5. The number of unbranched alkanes of at least 4 members (excludes halogenated alkanes) is 2. The molecule has 0 saturated carbocycles. The van der Waals surface area contributed by atoms with Crippen LogP contribution in [0.1, 0.15) is 90.2 Å². The van der Waals surface area contributed by atoms with E-state index in [0.29, 0.717) is 44.2 Å². The van der Waals surface area contributed by atoms with E-state index < -0.39 is 28.3 Å². The number of fused-ring (bicyclic) bond motifs is 1. The molecule has 0 spiro atoms. The average Bonchev–Trinajstić information content (AvgIpc) is 3.14. The lowest BCUT2D eigenvalue weighted by Crippen LogP contribution is -3.00. The van der Waals surface area contributed by atoms with Crippen LogP contribution in [-0.4, -0.2) is 104 Å². The molecule has 0 fully saturated rings. The number of aliphatic hydroxyl groups excluding tert-OH is 1. The molecule has 0 bridgehead atoms. The van der Waals surface area contributed by atoms with Gasteiger partial charge in [-0.05, 0) is 75.1 Å². The number of quaternary nitrogens is 1. The molecule has 3 rings (SSSR count). The van der Waals surface area contributed by atoms with Gasteiger partial charge >= 0.3 is 0 Å². The van der Waals surface area contributed by atoms with Gasteiger partial charge in [0.1, 0.15) is 18.9 Å². The second-order valence-corrected chi connectivity index (χ2v) is 15.0. The number of hydrogen-bond donors (Lipinski definition) is 4. The van der Waals surface area contributed by atoms with E-state index in [4.69, 9.17) is 14.2 Å². The van der Waals surface area contributed by atoms with Crippen molar-refractivity contribution in [3.8, 4) is 5.75 Å². The molecule has 2 aromatic carbocycles. The van der Waals surface area contributed by atoms with Gasteiger partial charge in [-0.1, -0.05) is 51.7 Å². The van der Waals surface area contributed by atoms with E-state index in [1.807, 2.05) is 55.4 Å². The number of hydrogen-bond acceptors (Lipinski definition) is 8. The third-order valence-electron chi connectivity index (χ3n) is 10.2. The van der Waals surface area contributed by atoms with Crippen molar-refractivity contribution in [3.63, 3.8) is 0 Å². The molecule has 276 valence electrons. The number of benzene rings is 2. The van der Waals surface area contributed by atoms with Crippen molar-refractivity contribution < 1.29 is 56.9 Å². The number of nitrogens with zero attached hydrogens (tertiary/aromatic N) is 2. The van der Waals surface area contributed by atoms with E-state index >= 15 is 0 Å². The van der Waals surface area contributed by atoms with E-state index in [1.54, 1.807) is 6.07 Å². The highest BCUT2D eigenvalue weighted by Crippen LogP contribution is 2.57. The van der Waals surface area contributed by atoms with Crippen LogP contribution in [0.5, 0.6) is 5.75 Å². The summed E-state index contributed by atoms with van der Waals surface area (Å²) in [6, 6.07) is 13.5. The monoisotopic (exact) mass is 805 g/mol. The van der Waals surface area contributed by atoms with Crippen LogP contribution in [0.15, 0.2) is 47.4 Å². The number of anilines is 1. The molecule has 9 nitrogen and oxygen atoms in total. The largest absolute Gasteiger partial charge is 1.00 e. The Balaban J connectivity index is 0.00000800. The molecule has 0 unspecified atom stereocenters. The number of nitrogens with one attached hydrogen (secondary N) is 1. The van der Waals surface area contributed by atoms with Crippen LogP contribution < -0.4 is 38.3 Å². The van der Waals surface area contributed by atoms with Crippen LogP contribution in [-0.2, 0) is 9.47 Å². The molecule has 0 aliphatic carbocycles. The van der Waals surface area contributed by atoms with Crippen LogP contribution >= 0.6 is 10.8 Å². The number of ether oxygens (including phenoxy) is 3. The summed E-state index contributed by atoms with van der Waals surface area (Å²) in [6.07, 6.45) is 4.04. The summed E-state index contributed by atoms with van der Waals surface area (Å²) < 4.78 is 45.1. The first-order valence-corrected chi connectivity index (χ1v) is 19.4. The van der Waals surface area contributed by atoms with Gasteiger partial charge in [0.25, 0.3) is 0 Å². The minimum Gasteiger partial charge on any atom is -1.00 e. The summed E-state index contributed by atoms with van der Waals surface area (Å²) in [5.74, 6) is 0.255. The Morgan fingerprint density at radius 1 is 0.812 bits per heavy atom. The number of halogens is 1. The minimum absolute atomic E-state index is 0. The van der Waals surface area contributed by atoms with Gasteiger partial charge < -0.3 is 52.7 Å². The first-order valence-electron chi connectivity index (χ1n) is 17.8. The molecule has 0 saturated heterocycles. The molecule has 1 heterocycles. The lowest BCUT2D eigenvalue weighted by molar-refractivity contribution is -0.923. The van der Waals surface area contributed by atoms with Crippen molar-refractivity contribution in [3.05, 3.63) is 53.6 Å². The van der Waals surface area contributed by atoms with Crippen molar-refractivity contribution in [1.29, 1.82) is 0 Å². The number of aliphatic hydroxyl groups is 1. The highest BCUT2D eigenvalue weighted by atomic mass is 127. The molecule has 48 heavy (non-hydrogen) atoms. The zero-order chi connectivity index (χ0) is 34.5. The van der Waals surface area contributed by atoms with Crippen molar-refractivity contribution in [1.82, 2.24) is 4.72 Å². The summed E-state index contributed by atoms with van der Waals surface area (Å²) in [5.41, 5.74) is 1.72. The van der Waals surface area contributed by atoms with Crippen molar-refractivity contribution in [2.45, 2.75) is 95.6 Å². The highest BCUT2D eigenvalue weighted by Gasteiger charge is 2.49. The number of likely N-dealkylation sites (N-methyl/N-ethyl adjacent to an activating group) is 1. The van der Waals surface area contributed by atoms with Crippen molar-refractivity contribution in [2.75, 3.05) is 78.2 Å². The number of rotatable bonds is 21. The maximum atomic E-state index is 12.4. The van der Waals surface area contributed by atoms with Gasteiger partial charge in [0.15, 0.2) is 0 Å². The molecule has 0 amide bonds. The predicted molar refractivity (Wildman–Crippen MR) is 195 cm³/mol. The van der Waals surface area contributed by atoms with E-state index in [0.717, 1.165) is 85.5 Å². The molecule has 0 aromatic heterocycles. The lowest BCUT2D eigenvalue weighted by Gasteiger charge is -2.45. The summed E-state index contributed by atoms with van der Waals surface area (Å²) in [4.78, 5) is 2.44. The summed E-state index contributed by atoms with van der Waals surface area (Å²) in [7, 11) is 0.544. The molecule has 2 aromatic rings. The van der Waals surface area contributed by atoms with Crippen LogP contribution in [0, 0.1) is 0 Å². The standard InChI is InChI=1S/C37H63N3O6S.HI/c1-8-13-21-37(22-14-9-2)36(41)35(33-29-31(39(6)7)17-20-34(33)47(42,43)38-37)30-15-18-32(19-16-30)46-28-27-45-26-25-44-24-23-40(10-3,11-4)12-5;/h15-20,29,35-36,38,41H,8-14,21-28H2,1-7H3,(H-,42,43);1H/t35-,36-;/m1./s1. The van der Waals surface area contributed by atoms with Crippen LogP contribution in [0.25, 0.3) is 0 Å². The van der Waals surface area contributed by atoms with Gasteiger partial charge in [-0.15, -0.1) is 10.8 Å². The molecule has 2 atom stereocenters. The van der Waals surface area contributed by atoms with Gasteiger partial charge in [-0.2, -0.15) is 0 Å². The predicted octanol–water partition coefficient (Wildman–Crippen LogP) is 4.28. The van der Waals surface area contributed by atoms with Crippen molar-refractivity contribution in [2.24, 2.45) is 0 Å². The Morgan fingerprint density at radius 3 is 1.92 bits per heavy atom. The summed E-state index contributed by atoms with van der Waals surface area (Å²) in [6.45, 7) is 18.1. The van der Waals surface area contributed by atoms with Crippen molar-refractivity contribution >= 4 is 16.5 Å². The lowest BCUT2D eigenvalue weighted by atomic mass is 9.73. The topological polar surface area (TPSA) is 104 Å². The third-order valence-corrected chi connectivity index (χ3v) is 11.8. The van der Waals surface area contributed by atoms with Crippen LogP contribution in [0.3, 0.4) is 0 Å². The Kier molecular flexibility index (Phi) is 18.5. The second kappa shape index (κ2) is 20.6. The summed E-state index contributed by atoms with van der Waals surface area (Å²) in [5, 5.41) is 12.4. The fourth-order valence-corrected chi connectivity index (χ4v) is 8.56. The van der Waals surface area contributed by atoms with Gasteiger partial charge in [0.2, 0.25) is 0 Å². The van der Waals surface area contributed by atoms with Crippen LogP contribution in [0.4, 0.5) is 5.69 Å². The minimum atomic E-state index is -3.38. The van der Waals surface area contributed by atoms with E-state index in [9.17, 15) is 14.2 Å². The molecule has 1 aliphatic heterocycles. The molecule has 4 N–H and O–H groups in total. The Morgan fingerprint density at radius 2 is 1.38 bits per heavy atom. The van der Waals surface area contributed by atoms with E-state index in [1.165, 1.54) is 0 Å².